The second kappa shape index (κ2) is 7.35. The van der Waals surface area contributed by atoms with Gasteiger partial charge >= 0.3 is 19.2 Å². The molecule has 0 spiro atoms. The first-order chi connectivity index (χ1) is 9.77. The summed E-state index contributed by atoms with van der Waals surface area (Å²) in [4.78, 5) is 11.2. The van der Waals surface area contributed by atoms with Crippen molar-refractivity contribution >= 4 is 17.6 Å². The van der Waals surface area contributed by atoms with Crippen molar-refractivity contribution < 1.29 is 36.9 Å². The first-order valence-corrected chi connectivity index (χ1v) is 6.14. The molecule has 21 heavy (non-hydrogen) atoms. The number of carboxylic acids is 1. The average Bonchev–Trinajstić information content (AvgIpc) is 2.33. The van der Waals surface area contributed by atoms with Crippen LogP contribution in [0.2, 0.25) is 5.02 Å². The van der Waals surface area contributed by atoms with Crippen LogP contribution in [0.3, 0.4) is 0 Å². The van der Waals surface area contributed by atoms with E-state index in [0.29, 0.717) is 6.42 Å². The molecular weight excluding hydrogens is 320 g/mol. The Hall–Kier alpha value is -1.70. The average molecular weight is 331 g/mol. The number of aryl methyl sites for hydroxylation is 1. The Morgan fingerprint density at radius 3 is 2.19 bits per heavy atom. The molecular formula is C12H11ClF4O4. The second-order valence-corrected chi connectivity index (χ2v) is 4.27. The van der Waals surface area contributed by atoms with E-state index in [2.05, 4.69) is 9.47 Å². The molecule has 9 heteroatoms. The minimum absolute atomic E-state index is 0.0711. The number of benzene rings is 1. The predicted octanol–water partition coefficient (Wildman–Crippen LogP) is 4.19. The monoisotopic (exact) mass is 330 g/mol. The van der Waals surface area contributed by atoms with E-state index in [1.807, 2.05) is 0 Å². The Labute approximate surface area is 122 Å². The first kappa shape index (κ1) is 17.4. The van der Waals surface area contributed by atoms with Crippen LogP contribution in [-0.4, -0.2) is 24.3 Å². The summed E-state index contributed by atoms with van der Waals surface area (Å²) in [6.07, 6.45) is 0.654. The molecule has 0 aliphatic carbocycles. The van der Waals surface area contributed by atoms with E-state index in [1.54, 1.807) is 6.92 Å². The Bertz CT molecular complexity index is 522. The lowest BCUT2D eigenvalue weighted by molar-refractivity contribution is -0.0555. The summed E-state index contributed by atoms with van der Waals surface area (Å²) in [6, 6.07) is 1.08. The molecule has 4 nitrogen and oxygen atoms in total. The van der Waals surface area contributed by atoms with E-state index in [0.717, 1.165) is 6.07 Å². The van der Waals surface area contributed by atoms with E-state index >= 15 is 0 Å². The van der Waals surface area contributed by atoms with Crippen LogP contribution >= 0.6 is 11.6 Å². The highest BCUT2D eigenvalue weighted by atomic mass is 35.5. The minimum atomic E-state index is -3.36. The Morgan fingerprint density at radius 1 is 1.24 bits per heavy atom. The summed E-state index contributed by atoms with van der Waals surface area (Å²) in [6.45, 7) is -4.97. The summed E-state index contributed by atoms with van der Waals surface area (Å²) in [7, 11) is 0. The molecule has 0 aliphatic rings. The number of carbonyl (C=O) groups is 1. The third-order valence-electron chi connectivity index (χ3n) is 2.41. The second-order valence-electron chi connectivity index (χ2n) is 3.86. The summed E-state index contributed by atoms with van der Waals surface area (Å²) >= 11 is 5.70. The van der Waals surface area contributed by atoms with Crippen molar-refractivity contribution in [2.24, 2.45) is 0 Å². The largest absolute Gasteiger partial charge is 0.477 e. The van der Waals surface area contributed by atoms with Gasteiger partial charge in [-0.15, -0.1) is 0 Å². The lowest BCUT2D eigenvalue weighted by Gasteiger charge is -2.18. The number of hydrogen-bond acceptors (Lipinski definition) is 3. The molecule has 0 radical (unpaired) electrons. The lowest BCUT2D eigenvalue weighted by atomic mass is 10.0. The summed E-state index contributed by atoms with van der Waals surface area (Å²) in [5, 5.41) is 8.66. The van der Waals surface area contributed by atoms with Gasteiger partial charge in [-0.25, -0.2) is 4.79 Å². The molecule has 0 unspecified atom stereocenters. The van der Waals surface area contributed by atoms with Crippen LogP contribution in [0.1, 0.15) is 29.3 Å². The van der Waals surface area contributed by atoms with Crippen LogP contribution in [0.15, 0.2) is 6.07 Å². The molecule has 0 saturated carbocycles. The van der Waals surface area contributed by atoms with Crippen LogP contribution in [-0.2, 0) is 6.42 Å². The summed E-state index contributed by atoms with van der Waals surface area (Å²) in [5.41, 5.74) is -0.881. The Morgan fingerprint density at radius 2 is 1.76 bits per heavy atom. The predicted molar refractivity (Wildman–Crippen MR) is 65.7 cm³/mol. The van der Waals surface area contributed by atoms with Crippen LogP contribution in [0, 0.1) is 0 Å². The van der Waals surface area contributed by atoms with E-state index in [4.69, 9.17) is 16.7 Å². The Kier molecular flexibility index (Phi) is 6.07. The van der Waals surface area contributed by atoms with Gasteiger partial charge in [0.2, 0.25) is 0 Å². The van der Waals surface area contributed by atoms with Crippen molar-refractivity contribution in [3.05, 3.63) is 22.2 Å². The summed E-state index contributed by atoms with van der Waals surface area (Å²) < 4.78 is 57.7. The van der Waals surface area contributed by atoms with Crippen molar-refractivity contribution in [2.45, 2.75) is 33.0 Å². The van der Waals surface area contributed by atoms with E-state index in [1.165, 1.54) is 0 Å². The fourth-order valence-corrected chi connectivity index (χ4v) is 2.02. The molecule has 0 heterocycles. The van der Waals surface area contributed by atoms with Gasteiger partial charge in [0, 0.05) is 0 Å². The zero-order valence-electron chi connectivity index (χ0n) is 10.7. The van der Waals surface area contributed by atoms with Gasteiger partial charge in [0.25, 0.3) is 0 Å². The molecule has 0 fully saturated rings. The van der Waals surface area contributed by atoms with Gasteiger partial charge in [0.15, 0.2) is 5.75 Å². The molecule has 0 bridgehead atoms. The normalized spacial score (nSPS) is 11.0. The number of rotatable bonds is 7. The van der Waals surface area contributed by atoms with Gasteiger partial charge < -0.3 is 14.6 Å². The van der Waals surface area contributed by atoms with E-state index in [-0.39, 0.29) is 12.0 Å². The maximum Gasteiger partial charge on any atom is 0.387 e. The zero-order valence-corrected chi connectivity index (χ0v) is 11.5. The topological polar surface area (TPSA) is 55.8 Å². The summed E-state index contributed by atoms with van der Waals surface area (Å²) in [5.74, 6) is -3.39. The molecule has 0 amide bonds. The van der Waals surface area contributed by atoms with Crippen molar-refractivity contribution in [1.82, 2.24) is 0 Å². The zero-order chi connectivity index (χ0) is 16.2. The van der Waals surface area contributed by atoms with Crippen molar-refractivity contribution in [3.8, 4) is 11.5 Å². The van der Waals surface area contributed by atoms with Gasteiger partial charge in [-0.3, -0.25) is 0 Å². The van der Waals surface area contributed by atoms with Gasteiger partial charge in [0.05, 0.1) is 5.02 Å². The molecule has 1 N–H and O–H groups in total. The molecule has 1 rings (SSSR count). The third-order valence-corrected chi connectivity index (χ3v) is 2.69. The van der Waals surface area contributed by atoms with E-state index < -0.39 is 41.3 Å². The Balaban J connectivity index is 3.55. The minimum Gasteiger partial charge on any atom is -0.477 e. The molecule has 0 aromatic heterocycles. The highest BCUT2D eigenvalue weighted by Gasteiger charge is 2.28. The van der Waals surface area contributed by atoms with Crippen molar-refractivity contribution in [2.75, 3.05) is 0 Å². The van der Waals surface area contributed by atoms with Crippen LogP contribution < -0.4 is 9.47 Å². The molecule has 0 saturated heterocycles. The standard InChI is InChI=1S/C12H11ClF4O4/c1-2-3-5-4-6(13)9(21-12(16)17)7(10(18)19)8(5)20-11(14)15/h4,11-12H,2-3H2,1H3,(H,18,19). The third kappa shape index (κ3) is 4.38. The quantitative estimate of drug-likeness (QED) is 0.761. The number of aromatic carboxylic acids is 1. The molecule has 0 atom stereocenters. The number of ether oxygens (including phenoxy) is 2. The molecule has 1 aromatic rings. The highest BCUT2D eigenvalue weighted by Crippen LogP contribution is 2.40. The molecule has 1 aromatic carbocycles. The molecule has 118 valence electrons. The van der Waals surface area contributed by atoms with Crippen molar-refractivity contribution in [3.63, 3.8) is 0 Å². The lowest BCUT2D eigenvalue weighted by Crippen LogP contribution is -2.14. The molecule has 0 aliphatic heterocycles. The van der Waals surface area contributed by atoms with Gasteiger partial charge in [-0.05, 0) is 18.1 Å². The van der Waals surface area contributed by atoms with Crippen molar-refractivity contribution in [1.29, 1.82) is 0 Å². The van der Waals surface area contributed by atoms with Crippen LogP contribution in [0.4, 0.5) is 17.6 Å². The van der Waals surface area contributed by atoms with Gasteiger partial charge in [-0.2, -0.15) is 17.6 Å². The van der Waals surface area contributed by atoms with Crippen LogP contribution in [0.5, 0.6) is 11.5 Å². The first-order valence-electron chi connectivity index (χ1n) is 5.76. The highest BCUT2D eigenvalue weighted by molar-refractivity contribution is 6.33. The maximum atomic E-state index is 12.4. The van der Waals surface area contributed by atoms with Gasteiger partial charge in [-0.1, -0.05) is 24.9 Å². The number of halogens is 5. The van der Waals surface area contributed by atoms with E-state index in [9.17, 15) is 22.4 Å². The van der Waals surface area contributed by atoms with Gasteiger partial charge in [0.1, 0.15) is 11.3 Å². The fraction of sp³-hybridized carbons (Fsp3) is 0.417. The fourth-order valence-electron chi connectivity index (χ4n) is 1.74. The number of carboxylic acid groups (broad SMARTS) is 1. The SMILES string of the molecule is CCCc1cc(Cl)c(OC(F)F)c(C(=O)O)c1OC(F)F. The maximum absolute atomic E-state index is 12.4. The number of hydrogen-bond donors (Lipinski definition) is 1. The smallest absolute Gasteiger partial charge is 0.387 e. The number of alkyl halides is 4. The van der Waals surface area contributed by atoms with Crippen LogP contribution in [0.25, 0.3) is 0 Å².